The molecule has 2 aliphatic rings. The summed E-state index contributed by atoms with van der Waals surface area (Å²) in [4.78, 5) is 21.5. The lowest BCUT2D eigenvalue weighted by Crippen LogP contribution is -2.49. The summed E-state index contributed by atoms with van der Waals surface area (Å²) in [6, 6.07) is 9.70. The maximum atomic E-state index is 12.7. The van der Waals surface area contributed by atoms with E-state index >= 15 is 0 Å². The van der Waals surface area contributed by atoms with Crippen LogP contribution in [0.15, 0.2) is 48.8 Å². The normalized spacial score (nSPS) is 21.5. The van der Waals surface area contributed by atoms with Gasteiger partial charge in [-0.3, -0.25) is 14.7 Å². The first-order valence-electron chi connectivity index (χ1n) is 10.6. The highest BCUT2D eigenvalue weighted by atomic mass is 35.5. The minimum Gasteiger partial charge on any atom is -0.381 e. The van der Waals surface area contributed by atoms with Crippen LogP contribution in [0.5, 0.6) is 0 Å². The van der Waals surface area contributed by atoms with Crippen molar-refractivity contribution >= 4 is 40.5 Å². The maximum Gasteiger partial charge on any atom is 0.229 e. The van der Waals surface area contributed by atoms with Crippen LogP contribution in [0.25, 0.3) is 5.70 Å². The van der Waals surface area contributed by atoms with Crippen molar-refractivity contribution in [3.05, 3.63) is 64.4 Å². The number of aromatic nitrogens is 1. The summed E-state index contributed by atoms with van der Waals surface area (Å²) >= 11 is 12.5. The molecule has 0 spiro atoms. The van der Waals surface area contributed by atoms with Crippen molar-refractivity contribution in [2.75, 3.05) is 44.2 Å². The van der Waals surface area contributed by atoms with E-state index in [9.17, 15) is 4.79 Å². The molecule has 6 nitrogen and oxygen atoms in total. The lowest BCUT2D eigenvalue weighted by Gasteiger charge is -2.36. The standard InChI is InChI=1S/C23H27Cl2N5O/c1-16-18(14-20(28-16)17-4-3-7-26-15-17)23(31)27-8-9-29-10-12-30(13-11-29)21-6-2-5-19(24)22(21)25/h2-7,14-16,18,28H,8-13H2,1H3,(H,27,31). The molecule has 2 aromatic rings. The van der Waals surface area contributed by atoms with E-state index in [1.165, 1.54) is 0 Å². The second-order valence-corrected chi connectivity index (χ2v) is 8.76. The molecule has 0 aliphatic carbocycles. The number of halogens is 2. The molecule has 2 unspecified atom stereocenters. The highest BCUT2D eigenvalue weighted by Gasteiger charge is 2.30. The number of hydrogen-bond acceptors (Lipinski definition) is 5. The van der Waals surface area contributed by atoms with E-state index in [0.29, 0.717) is 16.6 Å². The molecule has 8 heteroatoms. The summed E-state index contributed by atoms with van der Waals surface area (Å²) in [5, 5.41) is 7.69. The third kappa shape index (κ3) is 5.14. The Labute approximate surface area is 193 Å². The van der Waals surface area contributed by atoms with Crippen LogP contribution in [-0.2, 0) is 4.79 Å². The highest BCUT2D eigenvalue weighted by Crippen LogP contribution is 2.32. The minimum atomic E-state index is -0.183. The van der Waals surface area contributed by atoms with Crippen LogP contribution in [0, 0.1) is 5.92 Å². The Morgan fingerprint density at radius 3 is 2.74 bits per heavy atom. The van der Waals surface area contributed by atoms with Gasteiger partial charge < -0.3 is 15.5 Å². The van der Waals surface area contributed by atoms with Crippen LogP contribution >= 0.6 is 23.2 Å². The molecule has 1 aromatic carbocycles. The molecule has 2 atom stereocenters. The molecule has 4 rings (SSSR count). The van der Waals surface area contributed by atoms with E-state index in [4.69, 9.17) is 23.2 Å². The summed E-state index contributed by atoms with van der Waals surface area (Å²) in [5.41, 5.74) is 2.96. The fourth-order valence-electron chi connectivity index (χ4n) is 4.12. The predicted molar refractivity (Wildman–Crippen MR) is 126 cm³/mol. The van der Waals surface area contributed by atoms with Gasteiger partial charge in [0, 0.05) is 69.0 Å². The molecule has 0 bridgehead atoms. The maximum absolute atomic E-state index is 12.7. The first kappa shape index (κ1) is 21.9. The van der Waals surface area contributed by atoms with Crippen LogP contribution in [-0.4, -0.2) is 61.1 Å². The number of rotatable bonds is 6. The molecule has 31 heavy (non-hydrogen) atoms. The second kappa shape index (κ2) is 9.90. The topological polar surface area (TPSA) is 60.5 Å². The number of nitrogens with one attached hydrogen (secondary N) is 2. The third-order valence-electron chi connectivity index (χ3n) is 5.91. The molecule has 2 N–H and O–H groups in total. The number of anilines is 1. The van der Waals surface area contributed by atoms with Crippen LogP contribution < -0.4 is 15.5 Å². The molecule has 164 valence electrons. The van der Waals surface area contributed by atoms with Gasteiger partial charge in [0.25, 0.3) is 0 Å². The van der Waals surface area contributed by atoms with Crippen LogP contribution in [0.4, 0.5) is 5.69 Å². The zero-order valence-electron chi connectivity index (χ0n) is 17.5. The van der Waals surface area contributed by atoms with E-state index in [1.54, 1.807) is 6.20 Å². The molecular formula is C23H27Cl2N5O. The Bertz CT molecular complexity index is 944. The predicted octanol–water partition coefficient (Wildman–Crippen LogP) is 3.28. The molecule has 1 saturated heterocycles. The zero-order chi connectivity index (χ0) is 21.8. The fraction of sp³-hybridized carbons (Fsp3) is 0.391. The van der Waals surface area contributed by atoms with Crippen molar-refractivity contribution in [3.63, 3.8) is 0 Å². The lowest BCUT2D eigenvalue weighted by atomic mass is 10.0. The monoisotopic (exact) mass is 459 g/mol. The van der Waals surface area contributed by atoms with Crippen molar-refractivity contribution in [1.82, 2.24) is 20.5 Å². The number of benzene rings is 1. The number of pyridine rings is 1. The summed E-state index contributed by atoms with van der Waals surface area (Å²) in [6.45, 7) is 7.11. The molecule has 1 fully saturated rings. The number of carbonyl (C=O) groups excluding carboxylic acids is 1. The van der Waals surface area contributed by atoms with E-state index in [2.05, 4.69) is 25.4 Å². The van der Waals surface area contributed by atoms with Gasteiger partial charge in [-0.25, -0.2) is 0 Å². The summed E-state index contributed by atoms with van der Waals surface area (Å²) in [7, 11) is 0. The molecule has 0 saturated carbocycles. The van der Waals surface area contributed by atoms with E-state index < -0.39 is 0 Å². The third-order valence-corrected chi connectivity index (χ3v) is 6.72. The van der Waals surface area contributed by atoms with E-state index in [1.807, 2.05) is 49.5 Å². The molecule has 2 aliphatic heterocycles. The Morgan fingerprint density at radius 1 is 1.19 bits per heavy atom. The minimum absolute atomic E-state index is 0.0567. The van der Waals surface area contributed by atoms with Crippen molar-refractivity contribution < 1.29 is 4.79 Å². The Balaban J connectivity index is 1.23. The van der Waals surface area contributed by atoms with Crippen molar-refractivity contribution in [3.8, 4) is 0 Å². The number of carbonyl (C=O) groups is 1. The van der Waals surface area contributed by atoms with Crippen molar-refractivity contribution in [2.45, 2.75) is 13.0 Å². The molecule has 0 radical (unpaired) electrons. The Kier molecular flexibility index (Phi) is 7.00. The van der Waals surface area contributed by atoms with Gasteiger partial charge in [0.2, 0.25) is 5.91 Å². The van der Waals surface area contributed by atoms with Gasteiger partial charge in [-0.2, -0.15) is 0 Å². The average molecular weight is 460 g/mol. The molecule has 1 aromatic heterocycles. The number of nitrogens with zero attached hydrogens (tertiary/aromatic N) is 3. The molecular weight excluding hydrogens is 433 g/mol. The van der Waals surface area contributed by atoms with E-state index in [-0.39, 0.29) is 17.9 Å². The number of piperazine rings is 1. The second-order valence-electron chi connectivity index (χ2n) is 7.97. The molecule has 3 heterocycles. The smallest absolute Gasteiger partial charge is 0.229 e. The van der Waals surface area contributed by atoms with Crippen LogP contribution in [0.1, 0.15) is 12.5 Å². The van der Waals surface area contributed by atoms with Gasteiger partial charge in [0.15, 0.2) is 0 Å². The van der Waals surface area contributed by atoms with Crippen molar-refractivity contribution in [1.29, 1.82) is 0 Å². The van der Waals surface area contributed by atoms with Gasteiger partial charge in [-0.15, -0.1) is 0 Å². The Hall–Kier alpha value is -2.28. The van der Waals surface area contributed by atoms with Gasteiger partial charge in [0.05, 0.1) is 21.7 Å². The lowest BCUT2D eigenvalue weighted by molar-refractivity contribution is -0.124. The Morgan fingerprint density at radius 2 is 2.00 bits per heavy atom. The zero-order valence-corrected chi connectivity index (χ0v) is 19.0. The quantitative estimate of drug-likeness (QED) is 0.693. The first-order valence-corrected chi connectivity index (χ1v) is 11.4. The summed E-state index contributed by atoms with van der Waals surface area (Å²) in [6.07, 6.45) is 5.56. The van der Waals surface area contributed by atoms with Crippen LogP contribution in [0.3, 0.4) is 0 Å². The van der Waals surface area contributed by atoms with Crippen LogP contribution in [0.2, 0.25) is 10.0 Å². The van der Waals surface area contributed by atoms with Crippen molar-refractivity contribution in [2.24, 2.45) is 5.92 Å². The number of amides is 1. The van der Waals surface area contributed by atoms with Gasteiger partial charge in [0.1, 0.15) is 0 Å². The average Bonchev–Trinajstić information content (AvgIpc) is 3.18. The molecule has 1 amide bonds. The van der Waals surface area contributed by atoms with Gasteiger partial charge >= 0.3 is 0 Å². The first-order chi connectivity index (χ1) is 15.0. The largest absolute Gasteiger partial charge is 0.381 e. The summed E-state index contributed by atoms with van der Waals surface area (Å²) < 4.78 is 0. The number of hydrogen-bond donors (Lipinski definition) is 2. The van der Waals surface area contributed by atoms with Gasteiger partial charge in [-0.05, 0) is 37.3 Å². The highest BCUT2D eigenvalue weighted by molar-refractivity contribution is 6.43. The van der Waals surface area contributed by atoms with Gasteiger partial charge in [-0.1, -0.05) is 29.3 Å². The fourth-order valence-corrected chi connectivity index (χ4v) is 4.53. The van der Waals surface area contributed by atoms with E-state index in [0.717, 1.165) is 49.7 Å². The SMILES string of the molecule is CC1NC(c2cccnc2)=CC1C(=O)NCCN1CCN(c2cccc(Cl)c2Cl)CC1. The summed E-state index contributed by atoms with van der Waals surface area (Å²) in [5.74, 6) is -0.125.